The van der Waals surface area contributed by atoms with Crippen LogP contribution in [0.25, 0.3) is 0 Å². The largest absolute Gasteiger partial charge is 0.378 e. The van der Waals surface area contributed by atoms with Crippen molar-refractivity contribution in [3.05, 3.63) is 0 Å². The van der Waals surface area contributed by atoms with Gasteiger partial charge >= 0.3 is 0 Å². The zero-order valence-electron chi connectivity index (χ0n) is 9.21. The van der Waals surface area contributed by atoms with Crippen LogP contribution in [0.1, 0.15) is 13.3 Å². The third-order valence-electron chi connectivity index (χ3n) is 1.80. The van der Waals surface area contributed by atoms with E-state index < -0.39 is 0 Å². The van der Waals surface area contributed by atoms with Crippen LogP contribution in [0.5, 0.6) is 0 Å². The van der Waals surface area contributed by atoms with Gasteiger partial charge in [0, 0.05) is 11.8 Å². The Hall–Kier alpha value is 0.460. The molecular formula is C10H20Cl2O3. The Bertz CT molecular complexity index is 121. The first kappa shape index (κ1) is 15.5. The van der Waals surface area contributed by atoms with Crippen LogP contribution in [0.2, 0.25) is 0 Å². The summed E-state index contributed by atoms with van der Waals surface area (Å²) in [5.74, 6) is 1.06. The van der Waals surface area contributed by atoms with E-state index in [1.54, 1.807) is 0 Å². The fourth-order valence-corrected chi connectivity index (χ4v) is 1.34. The van der Waals surface area contributed by atoms with Crippen LogP contribution >= 0.6 is 23.2 Å². The smallest absolute Gasteiger partial charge is 0.0708 e. The lowest BCUT2D eigenvalue weighted by atomic mass is 10.3. The maximum absolute atomic E-state index is 5.67. The second-order valence-electron chi connectivity index (χ2n) is 2.97. The quantitative estimate of drug-likeness (QED) is 0.421. The minimum absolute atomic E-state index is 0.141. The Morgan fingerprint density at radius 1 is 0.933 bits per heavy atom. The van der Waals surface area contributed by atoms with E-state index in [0.717, 1.165) is 6.42 Å². The first-order valence-electron chi connectivity index (χ1n) is 5.24. The first-order chi connectivity index (χ1) is 7.35. The van der Waals surface area contributed by atoms with Crippen LogP contribution in [0.4, 0.5) is 0 Å². The van der Waals surface area contributed by atoms with Crippen molar-refractivity contribution in [3.63, 3.8) is 0 Å². The third-order valence-corrected chi connectivity index (χ3v) is 2.30. The van der Waals surface area contributed by atoms with Gasteiger partial charge in [0.25, 0.3) is 0 Å². The molecule has 0 saturated carbocycles. The highest BCUT2D eigenvalue weighted by molar-refractivity contribution is 6.18. The summed E-state index contributed by atoms with van der Waals surface area (Å²) in [4.78, 5) is 0. The molecule has 0 aromatic carbocycles. The number of rotatable bonds is 11. The average Bonchev–Trinajstić information content (AvgIpc) is 2.27. The van der Waals surface area contributed by atoms with E-state index in [1.165, 1.54) is 0 Å². The number of halogens is 2. The lowest BCUT2D eigenvalue weighted by molar-refractivity contribution is -0.00439. The average molecular weight is 259 g/mol. The Morgan fingerprint density at radius 2 is 1.53 bits per heavy atom. The molecule has 0 aromatic rings. The van der Waals surface area contributed by atoms with E-state index in [9.17, 15) is 0 Å². The molecule has 0 aliphatic carbocycles. The Labute approximate surface area is 102 Å². The van der Waals surface area contributed by atoms with E-state index >= 15 is 0 Å². The van der Waals surface area contributed by atoms with Gasteiger partial charge in [-0.15, -0.1) is 23.2 Å². The fraction of sp³-hybridized carbons (Fsp3) is 1.00. The second-order valence-corrected chi connectivity index (χ2v) is 3.66. The van der Waals surface area contributed by atoms with Crippen molar-refractivity contribution < 1.29 is 14.2 Å². The Morgan fingerprint density at radius 3 is 2.07 bits per heavy atom. The molecule has 15 heavy (non-hydrogen) atoms. The third kappa shape index (κ3) is 10.7. The van der Waals surface area contributed by atoms with Crippen LogP contribution in [-0.2, 0) is 14.2 Å². The summed E-state index contributed by atoms with van der Waals surface area (Å²) >= 11 is 11.1. The molecule has 0 unspecified atom stereocenters. The standard InChI is InChI=1S/C10H20Cl2O3/c1-2-10(9-12)15-8-7-14-6-5-13-4-3-11/h10H,2-9H2,1H3/t10-/m0/s1. The molecule has 1 atom stereocenters. The van der Waals surface area contributed by atoms with Gasteiger partial charge in [0.2, 0.25) is 0 Å². The fourth-order valence-electron chi connectivity index (χ4n) is 0.922. The predicted molar refractivity (Wildman–Crippen MR) is 63.1 cm³/mol. The zero-order chi connectivity index (χ0) is 11.4. The SMILES string of the molecule is CC[C@@H](CCl)OCCOCCOCCCl. The lowest BCUT2D eigenvalue weighted by Gasteiger charge is -2.12. The van der Waals surface area contributed by atoms with E-state index in [1.807, 2.05) is 6.92 Å². The van der Waals surface area contributed by atoms with Crippen LogP contribution in [-0.4, -0.2) is 50.9 Å². The molecule has 0 aliphatic rings. The molecule has 0 aliphatic heterocycles. The molecule has 0 heterocycles. The van der Waals surface area contributed by atoms with Gasteiger partial charge in [0.05, 0.1) is 39.1 Å². The number of alkyl halides is 2. The minimum Gasteiger partial charge on any atom is -0.378 e. The van der Waals surface area contributed by atoms with Crippen LogP contribution < -0.4 is 0 Å². The molecule has 0 saturated heterocycles. The maximum atomic E-state index is 5.67. The zero-order valence-corrected chi connectivity index (χ0v) is 10.7. The molecule has 5 heteroatoms. The molecule has 0 amide bonds. The molecule has 0 N–H and O–H groups in total. The first-order valence-corrected chi connectivity index (χ1v) is 6.31. The number of ether oxygens (including phenoxy) is 3. The summed E-state index contributed by atoms with van der Waals surface area (Å²) in [6, 6.07) is 0. The molecule has 0 spiro atoms. The highest BCUT2D eigenvalue weighted by Gasteiger charge is 2.03. The minimum atomic E-state index is 0.141. The molecule has 0 fully saturated rings. The Kier molecular flexibility index (Phi) is 12.9. The van der Waals surface area contributed by atoms with Gasteiger partial charge in [-0.2, -0.15) is 0 Å². The molecular weight excluding hydrogens is 239 g/mol. The van der Waals surface area contributed by atoms with Crippen molar-refractivity contribution in [2.75, 3.05) is 44.8 Å². The van der Waals surface area contributed by atoms with Gasteiger partial charge in [0.15, 0.2) is 0 Å². The number of hydrogen-bond acceptors (Lipinski definition) is 3. The molecule has 0 aromatic heterocycles. The predicted octanol–water partition coefficient (Wildman–Crippen LogP) is 2.29. The van der Waals surface area contributed by atoms with Crippen molar-refractivity contribution in [1.82, 2.24) is 0 Å². The van der Waals surface area contributed by atoms with Crippen molar-refractivity contribution in [1.29, 1.82) is 0 Å². The lowest BCUT2D eigenvalue weighted by Crippen LogP contribution is -2.17. The van der Waals surface area contributed by atoms with E-state index in [4.69, 9.17) is 37.4 Å². The van der Waals surface area contributed by atoms with Crippen molar-refractivity contribution in [3.8, 4) is 0 Å². The van der Waals surface area contributed by atoms with E-state index in [2.05, 4.69) is 0 Å². The van der Waals surface area contributed by atoms with E-state index in [0.29, 0.717) is 44.8 Å². The maximum Gasteiger partial charge on any atom is 0.0708 e. The highest BCUT2D eigenvalue weighted by Crippen LogP contribution is 1.99. The van der Waals surface area contributed by atoms with Crippen LogP contribution in [0, 0.1) is 0 Å². The normalized spacial score (nSPS) is 13.0. The highest BCUT2D eigenvalue weighted by atomic mass is 35.5. The van der Waals surface area contributed by atoms with Crippen LogP contribution in [0.3, 0.4) is 0 Å². The monoisotopic (exact) mass is 258 g/mol. The summed E-state index contributed by atoms with van der Waals surface area (Å²) in [5.41, 5.74) is 0. The van der Waals surface area contributed by atoms with Gasteiger partial charge in [-0.05, 0) is 6.42 Å². The molecule has 3 nitrogen and oxygen atoms in total. The second kappa shape index (κ2) is 12.5. The van der Waals surface area contributed by atoms with Gasteiger partial charge in [-0.3, -0.25) is 0 Å². The van der Waals surface area contributed by atoms with Gasteiger partial charge in [-0.1, -0.05) is 6.92 Å². The molecule has 0 bridgehead atoms. The van der Waals surface area contributed by atoms with Crippen molar-refractivity contribution >= 4 is 23.2 Å². The van der Waals surface area contributed by atoms with Gasteiger partial charge in [-0.25, -0.2) is 0 Å². The summed E-state index contributed by atoms with van der Waals surface area (Å²) in [5, 5.41) is 0. The van der Waals surface area contributed by atoms with Crippen molar-refractivity contribution in [2.24, 2.45) is 0 Å². The molecule has 0 rings (SSSR count). The number of hydrogen-bond donors (Lipinski definition) is 0. The van der Waals surface area contributed by atoms with Gasteiger partial charge < -0.3 is 14.2 Å². The Balaban J connectivity index is 3.04. The van der Waals surface area contributed by atoms with Gasteiger partial charge in [0.1, 0.15) is 0 Å². The summed E-state index contributed by atoms with van der Waals surface area (Å²) < 4.78 is 15.9. The van der Waals surface area contributed by atoms with E-state index in [-0.39, 0.29) is 6.10 Å². The summed E-state index contributed by atoms with van der Waals surface area (Å²) in [7, 11) is 0. The summed E-state index contributed by atoms with van der Waals surface area (Å²) in [6.45, 7) is 4.95. The topological polar surface area (TPSA) is 27.7 Å². The van der Waals surface area contributed by atoms with Crippen LogP contribution in [0.15, 0.2) is 0 Å². The molecule has 0 radical (unpaired) electrons. The molecule has 92 valence electrons. The van der Waals surface area contributed by atoms with Crippen molar-refractivity contribution in [2.45, 2.75) is 19.4 Å². The summed E-state index contributed by atoms with van der Waals surface area (Å²) in [6.07, 6.45) is 1.07.